The van der Waals surface area contributed by atoms with E-state index in [0.717, 1.165) is 5.56 Å². The second-order valence-electron chi connectivity index (χ2n) is 6.24. The van der Waals surface area contributed by atoms with Crippen LogP contribution in [0.25, 0.3) is 0 Å². The first-order chi connectivity index (χ1) is 10.4. The van der Waals surface area contributed by atoms with E-state index < -0.39 is 0 Å². The molecule has 22 heavy (non-hydrogen) atoms. The zero-order valence-electron chi connectivity index (χ0n) is 13.0. The van der Waals surface area contributed by atoms with Crippen LogP contribution < -0.4 is 0 Å². The van der Waals surface area contributed by atoms with E-state index in [2.05, 4.69) is 34.2 Å². The molecule has 1 unspecified atom stereocenters. The minimum atomic E-state index is -0.243. The molecule has 6 nitrogen and oxygen atoms in total. The van der Waals surface area contributed by atoms with Crippen molar-refractivity contribution >= 4 is 0 Å². The lowest BCUT2D eigenvalue weighted by atomic mass is 9.98. The molecule has 0 radical (unpaired) electrons. The fourth-order valence-electron chi connectivity index (χ4n) is 2.64. The number of hydrogen-bond donors (Lipinski definition) is 0. The second-order valence-corrected chi connectivity index (χ2v) is 6.24. The topological polar surface area (TPSA) is 56.1 Å². The highest BCUT2D eigenvalue weighted by atomic mass is 19.1. The molecule has 0 spiro atoms. The average molecular weight is 305 g/mol. The van der Waals surface area contributed by atoms with E-state index in [4.69, 9.17) is 4.74 Å². The van der Waals surface area contributed by atoms with Gasteiger partial charge in [-0.1, -0.05) is 12.1 Å². The Balaban J connectivity index is 1.78. The third kappa shape index (κ3) is 3.15. The van der Waals surface area contributed by atoms with Crippen LogP contribution in [0, 0.1) is 5.82 Å². The standard InChI is InChI=1S/C15H20FN5O/c1-15(2)10-22-13(11-5-4-6-12(16)7-11)8-21(15)9-14-17-19-20(3)18-14/h4-7,13H,8-10H2,1-3H3. The number of ether oxygens (including phenoxy) is 1. The van der Waals surface area contributed by atoms with Gasteiger partial charge in [0, 0.05) is 12.1 Å². The minimum Gasteiger partial charge on any atom is -0.370 e. The highest BCUT2D eigenvalue weighted by Gasteiger charge is 2.36. The van der Waals surface area contributed by atoms with Gasteiger partial charge in [0.1, 0.15) is 5.82 Å². The van der Waals surface area contributed by atoms with Gasteiger partial charge in [0.15, 0.2) is 5.82 Å². The van der Waals surface area contributed by atoms with Gasteiger partial charge in [0.25, 0.3) is 0 Å². The molecule has 1 aromatic heterocycles. The van der Waals surface area contributed by atoms with E-state index in [0.29, 0.717) is 25.5 Å². The lowest BCUT2D eigenvalue weighted by molar-refractivity contribution is -0.105. The Morgan fingerprint density at radius 3 is 2.91 bits per heavy atom. The van der Waals surface area contributed by atoms with Crippen molar-refractivity contribution in [1.29, 1.82) is 0 Å². The van der Waals surface area contributed by atoms with Gasteiger partial charge in [0.2, 0.25) is 0 Å². The fraction of sp³-hybridized carbons (Fsp3) is 0.533. The van der Waals surface area contributed by atoms with Crippen molar-refractivity contribution in [2.24, 2.45) is 7.05 Å². The number of morpholine rings is 1. The largest absolute Gasteiger partial charge is 0.370 e. The maximum atomic E-state index is 13.4. The summed E-state index contributed by atoms with van der Waals surface area (Å²) in [5.74, 6) is 0.434. The van der Waals surface area contributed by atoms with Crippen LogP contribution in [-0.2, 0) is 18.3 Å². The van der Waals surface area contributed by atoms with E-state index in [-0.39, 0.29) is 17.5 Å². The van der Waals surface area contributed by atoms with E-state index in [1.54, 1.807) is 13.1 Å². The fourth-order valence-corrected chi connectivity index (χ4v) is 2.64. The molecule has 1 saturated heterocycles. The van der Waals surface area contributed by atoms with Crippen molar-refractivity contribution in [2.45, 2.75) is 32.0 Å². The number of tetrazole rings is 1. The third-order valence-electron chi connectivity index (χ3n) is 3.98. The number of rotatable bonds is 3. The van der Waals surface area contributed by atoms with Gasteiger partial charge in [-0.25, -0.2) is 4.39 Å². The molecule has 0 N–H and O–H groups in total. The van der Waals surface area contributed by atoms with Gasteiger partial charge in [-0.2, -0.15) is 4.80 Å². The maximum Gasteiger partial charge on any atom is 0.188 e. The normalized spacial score (nSPS) is 21.9. The van der Waals surface area contributed by atoms with Crippen LogP contribution in [0.1, 0.15) is 31.3 Å². The molecule has 0 amide bonds. The van der Waals surface area contributed by atoms with Crippen LogP contribution in [-0.4, -0.2) is 43.8 Å². The van der Waals surface area contributed by atoms with E-state index >= 15 is 0 Å². The zero-order chi connectivity index (χ0) is 15.7. The average Bonchev–Trinajstić information content (AvgIpc) is 2.86. The van der Waals surface area contributed by atoms with Gasteiger partial charge in [-0.05, 0) is 36.8 Å². The van der Waals surface area contributed by atoms with Crippen molar-refractivity contribution in [2.75, 3.05) is 13.2 Å². The third-order valence-corrected chi connectivity index (χ3v) is 3.98. The van der Waals surface area contributed by atoms with Gasteiger partial charge in [-0.3, -0.25) is 4.90 Å². The number of nitrogens with zero attached hydrogens (tertiary/aromatic N) is 5. The molecule has 2 aromatic rings. The number of aromatic nitrogens is 4. The quantitative estimate of drug-likeness (QED) is 0.864. The number of hydrogen-bond acceptors (Lipinski definition) is 5. The predicted molar refractivity (Wildman–Crippen MR) is 78.4 cm³/mol. The SMILES string of the molecule is Cn1nnc(CN2CC(c3cccc(F)c3)OCC2(C)C)n1. The Morgan fingerprint density at radius 2 is 2.23 bits per heavy atom. The Labute approximate surface area is 128 Å². The first kappa shape index (κ1) is 15.1. The second kappa shape index (κ2) is 5.73. The van der Waals surface area contributed by atoms with E-state index in [9.17, 15) is 4.39 Å². The Morgan fingerprint density at radius 1 is 1.41 bits per heavy atom. The van der Waals surface area contributed by atoms with E-state index in [1.807, 2.05) is 6.07 Å². The maximum absolute atomic E-state index is 13.4. The lowest BCUT2D eigenvalue weighted by Crippen LogP contribution is -2.53. The summed E-state index contributed by atoms with van der Waals surface area (Å²) in [6, 6.07) is 6.58. The minimum absolute atomic E-state index is 0.136. The monoisotopic (exact) mass is 305 g/mol. The first-order valence-electron chi connectivity index (χ1n) is 7.29. The van der Waals surface area contributed by atoms with Crippen LogP contribution in [0.2, 0.25) is 0 Å². The van der Waals surface area contributed by atoms with Crippen molar-refractivity contribution in [3.05, 3.63) is 41.5 Å². The van der Waals surface area contributed by atoms with Crippen LogP contribution >= 0.6 is 0 Å². The Bertz CT molecular complexity index is 657. The molecular weight excluding hydrogens is 285 g/mol. The molecule has 1 aromatic carbocycles. The van der Waals surface area contributed by atoms with E-state index in [1.165, 1.54) is 16.9 Å². The van der Waals surface area contributed by atoms with Crippen molar-refractivity contribution in [3.63, 3.8) is 0 Å². The molecule has 0 saturated carbocycles. The summed E-state index contributed by atoms with van der Waals surface area (Å²) in [4.78, 5) is 3.70. The molecule has 118 valence electrons. The molecule has 1 atom stereocenters. The van der Waals surface area contributed by atoms with Crippen molar-refractivity contribution in [3.8, 4) is 0 Å². The smallest absolute Gasteiger partial charge is 0.188 e. The lowest BCUT2D eigenvalue weighted by Gasteiger charge is -2.45. The number of aryl methyl sites for hydroxylation is 1. The highest BCUT2D eigenvalue weighted by molar-refractivity contribution is 5.20. The summed E-state index contributed by atoms with van der Waals surface area (Å²) in [7, 11) is 1.75. The van der Waals surface area contributed by atoms with Crippen molar-refractivity contribution in [1.82, 2.24) is 25.1 Å². The zero-order valence-corrected chi connectivity index (χ0v) is 13.0. The Kier molecular flexibility index (Phi) is 3.92. The van der Waals surface area contributed by atoms with Crippen LogP contribution in [0.3, 0.4) is 0 Å². The van der Waals surface area contributed by atoms with Gasteiger partial charge >= 0.3 is 0 Å². The molecule has 0 bridgehead atoms. The Hall–Kier alpha value is -1.86. The van der Waals surface area contributed by atoms with Crippen LogP contribution in [0.15, 0.2) is 24.3 Å². The summed E-state index contributed by atoms with van der Waals surface area (Å²) in [5, 5.41) is 12.1. The first-order valence-corrected chi connectivity index (χ1v) is 7.29. The van der Waals surface area contributed by atoms with Gasteiger partial charge in [0.05, 0.1) is 26.3 Å². The molecule has 3 rings (SSSR count). The van der Waals surface area contributed by atoms with Gasteiger partial charge < -0.3 is 4.74 Å². The predicted octanol–water partition coefficient (Wildman–Crippen LogP) is 1.70. The molecular formula is C15H20FN5O. The van der Waals surface area contributed by atoms with Crippen LogP contribution in [0.4, 0.5) is 4.39 Å². The summed E-state index contributed by atoms with van der Waals surface area (Å²) in [6.45, 7) is 6.05. The van der Waals surface area contributed by atoms with Gasteiger partial charge in [-0.15, -0.1) is 10.2 Å². The summed E-state index contributed by atoms with van der Waals surface area (Å²) in [6.07, 6.45) is -0.152. The molecule has 1 aliphatic rings. The summed E-state index contributed by atoms with van der Waals surface area (Å²) < 4.78 is 19.4. The summed E-state index contributed by atoms with van der Waals surface area (Å²) >= 11 is 0. The highest BCUT2D eigenvalue weighted by Crippen LogP contribution is 2.31. The molecule has 0 aliphatic carbocycles. The van der Waals surface area contributed by atoms with Crippen molar-refractivity contribution < 1.29 is 9.13 Å². The molecule has 2 heterocycles. The number of benzene rings is 1. The molecule has 1 aliphatic heterocycles. The summed E-state index contributed by atoms with van der Waals surface area (Å²) in [5.41, 5.74) is 0.718. The number of halogens is 1. The van der Waals surface area contributed by atoms with Crippen LogP contribution in [0.5, 0.6) is 0 Å². The molecule has 7 heteroatoms. The molecule has 1 fully saturated rings.